The van der Waals surface area contributed by atoms with Crippen LogP contribution in [0.4, 0.5) is 0 Å². The predicted octanol–water partition coefficient (Wildman–Crippen LogP) is 3.10. The highest BCUT2D eigenvalue weighted by molar-refractivity contribution is 5.79. The minimum absolute atomic E-state index is 0.588. The van der Waals surface area contributed by atoms with Crippen LogP contribution in [0.2, 0.25) is 0 Å². The molecule has 82 valence electrons. The topological polar surface area (TPSA) is 26.3 Å². The highest BCUT2D eigenvalue weighted by Gasteiger charge is 2.05. The van der Waals surface area contributed by atoms with Gasteiger partial charge in [0.25, 0.3) is 0 Å². The van der Waals surface area contributed by atoms with Gasteiger partial charge in [0.2, 0.25) is 0 Å². The smallest absolute Gasteiger partial charge is 0.153 e. The molecule has 0 saturated carbocycles. The van der Waals surface area contributed by atoms with Gasteiger partial charge in [-0.25, -0.2) is 0 Å². The van der Waals surface area contributed by atoms with Crippen LogP contribution in [-0.2, 0) is 6.42 Å². The minimum Gasteiger partial charge on any atom is -0.493 e. The first-order valence-electron chi connectivity index (χ1n) is 5.38. The van der Waals surface area contributed by atoms with Crippen molar-refractivity contribution in [3.63, 3.8) is 0 Å². The minimum atomic E-state index is 0.588. The van der Waals surface area contributed by atoms with Gasteiger partial charge in [0.15, 0.2) is 6.29 Å². The third kappa shape index (κ3) is 3.39. The Balaban J connectivity index is 2.91. The van der Waals surface area contributed by atoms with Gasteiger partial charge >= 0.3 is 0 Å². The molecule has 0 aliphatic carbocycles. The second-order valence-corrected chi connectivity index (χ2v) is 4.02. The molecular weight excluding hydrogens is 188 g/mol. The van der Waals surface area contributed by atoms with Crippen LogP contribution < -0.4 is 4.74 Å². The summed E-state index contributed by atoms with van der Waals surface area (Å²) >= 11 is 0. The van der Waals surface area contributed by atoms with Crippen molar-refractivity contribution in [1.29, 1.82) is 0 Å². The SMILES string of the molecule is CCOc1ccc(CC(C)C)cc1C=O. The van der Waals surface area contributed by atoms with E-state index >= 15 is 0 Å². The quantitative estimate of drug-likeness (QED) is 0.692. The van der Waals surface area contributed by atoms with E-state index in [1.54, 1.807) is 0 Å². The zero-order valence-corrected chi connectivity index (χ0v) is 9.62. The molecule has 0 spiro atoms. The number of hydrogen-bond acceptors (Lipinski definition) is 2. The molecule has 1 rings (SSSR count). The summed E-state index contributed by atoms with van der Waals surface area (Å²) in [4.78, 5) is 10.9. The van der Waals surface area contributed by atoms with Gasteiger partial charge in [-0.2, -0.15) is 0 Å². The Morgan fingerprint density at radius 1 is 1.40 bits per heavy atom. The van der Waals surface area contributed by atoms with E-state index in [-0.39, 0.29) is 0 Å². The molecule has 2 nitrogen and oxygen atoms in total. The lowest BCUT2D eigenvalue weighted by Crippen LogP contribution is -1.99. The Morgan fingerprint density at radius 2 is 2.13 bits per heavy atom. The standard InChI is InChI=1S/C13H18O2/c1-4-15-13-6-5-11(7-10(2)3)8-12(13)9-14/h5-6,8-10H,4,7H2,1-3H3. The van der Waals surface area contributed by atoms with E-state index in [0.717, 1.165) is 12.7 Å². The van der Waals surface area contributed by atoms with Gasteiger partial charge in [-0.3, -0.25) is 4.79 Å². The molecule has 0 radical (unpaired) electrons. The fourth-order valence-electron chi connectivity index (χ4n) is 1.58. The van der Waals surface area contributed by atoms with Gasteiger partial charge in [-0.05, 0) is 37.0 Å². The van der Waals surface area contributed by atoms with Crippen molar-refractivity contribution in [3.05, 3.63) is 29.3 Å². The van der Waals surface area contributed by atoms with Gasteiger partial charge in [0.1, 0.15) is 5.75 Å². The van der Waals surface area contributed by atoms with Gasteiger partial charge in [0.05, 0.1) is 12.2 Å². The molecule has 0 saturated heterocycles. The maximum absolute atomic E-state index is 10.9. The molecule has 0 heterocycles. The van der Waals surface area contributed by atoms with Crippen LogP contribution in [-0.4, -0.2) is 12.9 Å². The molecule has 1 aromatic carbocycles. The summed E-state index contributed by atoms with van der Waals surface area (Å²) in [5.41, 5.74) is 1.84. The maximum atomic E-state index is 10.9. The molecule has 2 heteroatoms. The summed E-state index contributed by atoms with van der Waals surface area (Å²) in [6, 6.07) is 5.82. The van der Waals surface area contributed by atoms with E-state index in [1.807, 2.05) is 25.1 Å². The Labute approximate surface area is 91.3 Å². The van der Waals surface area contributed by atoms with Gasteiger partial charge in [-0.15, -0.1) is 0 Å². The second-order valence-electron chi connectivity index (χ2n) is 4.02. The number of carbonyl (C=O) groups is 1. The first-order chi connectivity index (χ1) is 7.17. The first kappa shape index (κ1) is 11.8. The second kappa shape index (κ2) is 5.54. The van der Waals surface area contributed by atoms with E-state index < -0.39 is 0 Å². The van der Waals surface area contributed by atoms with Crippen LogP contribution in [0.3, 0.4) is 0 Å². The van der Waals surface area contributed by atoms with Crippen molar-refractivity contribution in [2.75, 3.05) is 6.61 Å². The Kier molecular flexibility index (Phi) is 4.35. The fraction of sp³-hybridized carbons (Fsp3) is 0.462. The lowest BCUT2D eigenvalue weighted by atomic mass is 10.0. The van der Waals surface area contributed by atoms with Gasteiger partial charge in [-0.1, -0.05) is 19.9 Å². The average Bonchev–Trinajstić information content (AvgIpc) is 2.20. The summed E-state index contributed by atoms with van der Waals surface area (Å²) in [5, 5.41) is 0. The van der Waals surface area contributed by atoms with Crippen molar-refractivity contribution in [2.24, 2.45) is 5.92 Å². The number of hydrogen-bond donors (Lipinski definition) is 0. The number of rotatable bonds is 5. The van der Waals surface area contributed by atoms with Gasteiger partial charge in [0, 0.05) is 0 Å². The third-order valence-corrected chi connectivity index (χ3v) is 2.14. The number of benzene rings is 1. The number of ether oxygens (including phenoxy) is 1. The fourth-order valence-corrected chi connectivity index (χ4v) is 1.58. The Bertz CT molecular complexity index is 329. The van der Waals surface area contributed by atoms with Crippen molar-refractivity contribution in [1.82, 2.24) is 0 Å². The molecule has 0 aliphatic rings. The highest BCUT2D eigenvalue weighted by atomic mass is 16.5. The first-order valence-corrected chi connectivity index (χ1v) is 5.38. The lowest BCUT2D eigenvalue weighted by Gasteiger charge is -2.09. The van der Waals surface area contributed by atoms with E-state index in [9.17, 15) is 4.79 Å². The summed E-state index contributed by atoms with van der Waals surface area (Å²) < 4.78 is 5.36. The summed E-state index contributed by atoms with van der Waals surface area (Å²) in [7, 11) is 0. The van der Waals surface area contributed by atoms with E-state index in [2.05, 4.69) is 13.8 Å². The van der Waals surface area contributed by atoms with E-state index in [0.29, 0.717) is 23.8 Å². The zero-order chi connectivity index (χ0) is 11.3. The maximum Gasteiger partial charge on any atom is 0.153 e. The molecule has 0 atom stereocenters. The van der Waals surface area contributed by atoms with Crippen molar-refractivity contribution < 1.29 is 9.53 Å². The zero-order valence-electron chi connectivity index (χ0n) is 9.62. The molecule has 0 aromatic heterocycles. The molecule has 0 fully saturated rings. The Morgan fingerprint density at radius 3 is 2.67 bits per heavy atom. The van der Waals surface area contributed by atoms with Crippen LogP contribution in [0.15, 0.2) is 18.2 Å². The number of aldehydes is 1. The predicted molar refractivity (Wildman–Crippen MR) is 61.5 cm³/mol. The van der Waals surface area contributed by atoms with Gasteiger partial charge < -0.3 is 4.74 Å². The molecule has 0 aliphatic heterocycles. The summed E-state index contributed by atoms with van der Waals surface area (Å²) in [6.45, 7) is 6.83. The molecule has 1 aromatic rings. The molecular formula is C13H18O2. The van der Waals surface area contributed by atoms with E-state index in [4.69, 9.17) is 4.74 Å². The third-order valence-electron chi connectivity index (χ3n) is 2.14. The lowest BCUT2D eigenvalue weighted by molar-refractivity contribution is 0.111. The Hall–Kier alpha value is -1.31. The molecule has 0 unspecified atom stereocenters. The van der Waals surface area contributed by atoms with E-state index in [1.165, 1.54) is 5.56 Å². The monoisotopic (exact) mass is 206 g/mol. The van der Waals surface area contributed by atoms with Crippen molar-refractivity contribution in [3.8, 4) is 5.75 Å². The summed E-state index contributed by atoms with van der Waals surface area (Å²) in [6.07, 6.45) is 1.85. The molecule has 0 bridgehead atoms. The van der Waals surface area contributed by atoms with Crippen LogP contribution in [0.25, 0.3) is 0 Å². The molecule has 0 N–H and O–H groups in total. The summed E-state index contributed by atoms with van der Waals surface area (Å²) in [5.74, 6) is 1.28. The van der Waals surface area contributed by atoms with Crippen LogP contribution >= 0.6 is 0 Å². The van der Waals surface area contributed by atoms with Crippen molar-refractivity contribution >= 4 is 6.29 Å². The molecule has 0 amide bonds. The van der Waals surface area contributed by atoms with Crippen LogP contribution in [0.1, 0.15) is 36.7 Å². The normalized spacial score (nSPS) is 10.4. The van der Waals surface area contributed by atoms with Crippen molar-refractivity contribution in [2.45, 2.75) is 27.2 Å². The molecule has 15 heavy (non-hydrogen) atoms. The largest absolute Gasteiger partial charge is 0.493 e. The average molecular weight is 206 g/mol. The highest BCUT2D eigenvalue weighted by Crippen LogP contribution is 2.20. The van der Waals surface area contributed by atoms with Crippen LogP contribution in [0, 0.1) is 5.92 Å². The van der Waals surface area contributed by atoms with Crippen LogP contribution in [0.5, 0.6) is 5.75 Å². The number of carbonyl (C=O) groups excluding carboxylic acids is 1.